The summed E-state index contributed by atoms with van der Waals surface area (Å²) in [5.41, 5.74) is -0.551. The molecule has 0 bridgehead atoms. The molecule has 168 valence electrons. The van der Waals surface area contributed by atoms with Gasteiger partial charge in [-0.15, -0.1) is 11.3 Å². The van der Waals surface area contributed by atoms with Crippen LogP contribution < -0.4 is 0 Å². The highest BCUT2D eigenvalue weighted by Crippen LogP contribution is 2.38. The SMILES string of the molecule is CCOC1CN([C@H]2C[C@@H](c3ncc(CCC(=O)OC)s3)N(C(=O)OC(C)(C)C)C2)C1. The van der Waals surface area contributed by atoms with Crippen LogP contribution in [-0.2, 0) is 25.4 Å². The molecule has 0 spiro atoms. The number of hydrogen-bond acceptors (Lipinski definition) is 8. The van der Waals surface area contributed by atoms with E-state index >= 15 is 0 Å². The van der Waals surface area contributed by atoms with E-state index in [0.29, 0.717) is 19.4 Å². The minimum absolute atomic E-state index is 0.118. The normalized spacial score (nSPS) is 22.8. The zero-order valence-electron chi connectivity index (χ0n) is 18.6. The van der Waals surface area contributed by atoms with Crippen LogP contribution in [0.15, 0.2) is 6.20 Å². The smallest absolute Gasteiger partial charge is 0.410 e. The van der Waals surface area contributed by atoms with E-state index in [4.69, 9.17) is 14.2 Å². The highest BCUT2D eigenvalue weighted by atomic mass is 32.1. The van der Waals surface area contributed by atoms with E-state index in [1.165, 1.54) is 7.11 Å². The van der Waals surface area contributed by atoms with E-state index in [2.05, 4.69) is 9.88 Å². The molecule has 2 saturated heterocycles. The molecule has 0 saturated carbocycles. The van der Waals surface area contributed by atoms with E-state index in [-0.39, 0.29) is 30.3 Å². The highest BCUT2D eigenvalue weighted by Gasteiger charge is 2.45. The van der Waals surface area contributed by atoms with Gasteiger partial charge in [-0.25, -0.2) is 9.78 Å². The Morgan fingerprint density at radius 3 is 2.63 bits per heavy atom. The second-order valence-electron chi connectivity index (χ2n) is 8.81. The molecule has 3 rings (SSSR count). The van der Waals surface area contributed by atoms with Crippen molar-refractivity contribution in [2.45, 2.75) is 70.7 Å². The molecule has 1 aromatic heterocycles. The lowest BCUT2D eigenvalue weighted by molar-refractivity contribution is -0.140. The maximum Gasteiger partial charge on any atom is 0.410 e. The molecule has 2 aliphatic rings. The van der Waals surface area contributed by atoms with Crippen molar-refractivity contribution in [3.05, 3.63) is 16.1 Å². The van der Waals surface area contributed by atoms with Crippen molar-refractivity contribution >= 4 is 23.4 Å². The Bertz CT molecular complexity index is 741. The Morgan fingerprint density at radius 1 is 1.27 bits per heavy atom. The maximum atomic E-state index is 12.9. The van der Waals surface area contributed by atoms with Crippen molar-refractivity contribution in [1.29, 1.82) is 0 Å². The summed E-state index contributed by atoms with van der Waals surface area (Å²) < 4.78 is 16.1. The molecule has 3 heterocycles. The molecule has 0 unspecified atom stereocenters. The van der Waals surface area contributed by atoms with Gasteiger partial charge >= 0.3 is 12.1 Å². The quantitative estimate of drug-likeness (QED) is 0.604. The average Bonchev–Trinajstić information content (AvgIpc) is 3.27. The topological polar surface area (TPSA) is 81.2 Å². The Morgan fingerprint density at radius 2 is 2.00 bits per heavy atom. The molecule has 9 heteroatoms. The first-order chi connectivity index (χ1) is 14.2. The fourth-order valence-electron chi connectivity index (χ4n) is 3.86. The minimum Gasteiger partial charge on any atom is -0.469 e. The number of carbonyl (C=O) groups excluding carboxylic acids is 2. The lowest BCUT2D eigenvalue weighted by Gasteiger charge is -2.42. The van der Waals surface area contributed by atoms with E-state index < -0.39 is 5.60 Å². The highest BCUT2D eigenvalue weighted by molar-refractivity contribution is 7.11. The predicted octanol–water partition coefficient (Wildman–Crippen LogP) is 3.02. The Balaban J connectivity index is 1.70. The zero-order valence-corrected chi connectivity index (χ0v) is 19.4. The summed E-state index contributed by atoms with van der Waals surface area (Å²) in [5.74, 6) is -0.233. The van der Waals surface area contributed by atoms with Gasteiger partial charge in [0.1, 0.15) is 10.6 Å². The number of rotatable bonds is 7. The third kappa shape index (κ3) is 5.70. The molecule has 0 N–H and O–H groups in total. The number of nitrogens with zero attached hydrogens (tertiary/aromatic N) is 3. The van der Waals surface area contributed by atoms with Crippen LogP contribution in [0.4, 0.5) is 4.79 Å². The first-order valence-electron chi connectivity index (χ1n) is 10.6. The van der Waals surface area contributed by atoms with Crippen molar-refractivity contribution in [2.24, 2.45) is 0 Å². The van der Waals surface area contributed by atoms with Crippen molar-refractivity contribution in [3.8, 4) is 0 Å². The van der Waals surface area contributed by atoms with Crippen LogP contribution in [0.2, 0.25) is 0 Å². The summed E-state index contributed by atoms with van der Waals surface area (Å²) in [4.78, 5) is 34.1. The molecule has 2 aliphatic heterocycles. The van der Waals surface area contributed by atoms with Crippen molar-refractivity contribution < 1.29 is 23.8 Å². The molecule has 1 aromatic rings. The number of hydrogen-bond donors (Lipinski definition) is 0. The number of thiazole rings is 1. The lowest BCUT2D eigenvalue weighted by Crippen LogP contribution is -2.57. The van der Waals surface area contributed by atoms with E-state index in [1.807, 2.05) is 32.6 Å². The zero-order chi connectivity index (χ0) is 21.9. The summed E-state index contributed by atoms with van der Waals surface area (Å²) in [7, 11) is 1.39. The third-order valence-electron chi connectivity index (χ3n) is 5.36. The molecule has 8 nitrogen and oxygen atoms in total. The van der Waals surface area contributed by atoms with Crippen molar-refractivity contribution in [2.75, 3.05) is 33.4 Å². The fraction of sp³-hybridized carbons (Fsp3) is 0.762. The lowest BCUT2D eigenvalue weighted by atomic mass is 10.1. The standard InChI is InChI=1S/C21H33N3O5S/c1-6-28-15-12-23(13-15)14-9-17(24(11-14)20(26)29-21(2,3)4)19-22-10-16(30-19)7-8-18(25)27-5/h10,14-15,17H,6-9,11-13H2,1-5H3/t14-,17-/m0/s1. The number of aromatic nitrogens is 1. The first-order valence-corrected chi connectivity index (χ1v) is 11.4. The van der Waals surface area contributed by atoms with Gasteiger partial charge in [-0.05, 0) is 40.5 Å². The Labute approximate surface area is 182 Å². The number of esters is 1. The molecular weight excluding hydrogens is 406 g/mol. The monoisotopic (exact) mass is 439 g/mol. The van der Waals surface area contributed by atoms with E-state index in [9.17, 15) is 9.59 Å². The molecule has 0 aromatic carbocycles. The Kier molecular flexibility index (Phi) is 7.36. The minimum atomic E-state index is -0.551. The number of likely N-dealkylation sites (tertiary alicyclic amines) is 2. The summed E-state index contributed by atoms with van der Waals surface area (Å²) >= 11 is 1.56. The van der Waals surface area contributed by atoms with E-state index in [1.54, 1.807) is 17.5 Å². The van der Waals surface area contributed by atoms with Gasteiger partial charge in [0.05, 0.1) is 25.7 Å². The van der Waals surface area contributed by atoms with Gasteiger partial charge in [-0.3, -0.25) is 14.6 Å². The van der Waals surface area contributed by atoms with E-state index in [0.717, 1.165) is 36.0 Å². The van der Waals surface area contributed by atoms with Gasteiger partial charge < -0.3 is 14.2 Å². The molecule has 0 radical (unpaired) electrons. The van der Waals surface area contributed by atoms with Crippen molar-refractivity contribution in [1.82, 2.24) is 14.8 Å². The number of amides is 1. The molecule has 0 aliphatic carbocycles. The number of methoxy groups -OCH3 is 1. The van der Waals surface area contributed by atoms with Gasteiger partial charge in [-0.1, -0.05) is 0 Å². The Hall–Kier alpha value is -1.71. The molecule has 30 heavy (non-hydrogen) atoms. The average molecular weight is 440 g/mol. The molecule has 2 fully saturated rings. The van der Waals surface area contributed by atoms with Crippen LogP contribution in [0.25, 0.3) is 0 Å². The van der Waals surface area contributed by atoms with Crippen LogP contribution in [0, 0.1) is 0 Å². The second kappa shape index (κ2) is 9.62. The largest absolute Gasteiger partial charge is 0.469 e. The predicted molar refractivity (Wildman–Crippen MR) is 114 cm³/mol. The summed E-state index contributed by atoms with van der Waals surface area (Å²) in [6.07, 6.45) is 3.53. The third-order valence-corrected chi connectivity index (χ3v) is 6.52. The fourth-order valence-corrected chi connectivity index (χ4v) is 4.91. The maximum absolute atomic E-state index is 12.9. The van der Waals surface area contributed by atoms with Crippen LogP contribution in [0.1, 0.15) is 56.5 Å². The molecule has 2 atom stereocenters. The van der Waals surface area contributed by atoms with Gasteiger partial charge in [-0.2, -0.15) is 0 Å². The second-order valence-corrected chi connectivity index (χ2v) is 9.96. The van der Waals surface area contributed by atoms with Gasteiger partial charge in [0.15, 0.2) is 0 Å². The van der Waals surface area contributed by atoms with Gasteiger partial charge in [0, 0.05) is 43.4 Å². The van der Waals surface area contributed by atoms with Gasteiger partial charge in [0.25, 0.3) is 0 Å². The molecule has 1 amide bonds. The van der Waals surface area contributed by atoms with Crippen LogP contribution in [-0.4, -0.2) is 77.9 Å². The number of aryl methyl sites for hydroxylation is 1. The number of carbonyl (C=O) groups is 2. The summed E-state index contributed by atoms with van der Waals surface area (Å²) in [6, 6.07) is 0.148. The summed E-state index contributed by atoms with van der Waals surface area (Å²) in [6.45, 7) is 10.8. The van der Waals surface area contributed by atoms with Crippen LogP contribution in [0.5, 0.6) is 0 Å². The first kappa shape index (κ1) is 23.0. The summed E-state index contributed by atoms with van der Waals surface area (Å²) in [5, 5.41) is 0.894. The van der Waals surface area contributed by atoms with Gasteiger partial charge in [0.2, 0.25) is 0 Å². The van der Waals surface area contributed by atoms with Crippen molar-refractivity contribution in [3.63, 3.8) is 0 Å². The molecular formula is C21H33N3O5S. The number of ether oxygens (including phenoxy) is 3. The van der Waals surface area contributed by atoms with Crippen LogP contribution >= 0.6 is 11.3 Å². The van der Waals surface area contributed by atoms with Crippen LogP contribution in [0.3, 0.4) is 0 Å².